The molecule has 0 radical (unpaired) electrons. The second-order valence-corrected chi connectivity index (χ2v) is 8.08. The number of benzene rings is 1. The number of aryl methyl sites for hydroxylation is 2. The third-order valence-electron chi connectivity index (χ3n) is 3.43. The highest BCUT2D eigenvalue weighted by Crippen LogP contribution is 2.53. The third-order valence-corrected chi connectivity index (χ3v) is 5.92. The van der Waals surface area contributed by atoms with E-state index in [9.17, 15) is 9.36 Å². The standard InChI is InChI=1S/C16H25INO6P/c1-6-21-25(20,22-7-2)15(18-13(5)19)10-14-8-11(3)16(23-24-17)12(4)9-14/h8-9,15H,6-7,10H2,1-5H3,(H,18,19)/t15-/m1/s1. The van der Waals surface area contributed by atoms with Crippen LogP contribution in [0, 0.1) is 13.8 Å². The van der Waals surface area contributed by atoms with E-state index >= 15 is 0 Å². The van der Waals surface area contributed by atoms with Crippen LogP contribution < -0.4 is 10.2 Å². The Bertz CT molecular complexity index is 606. The fraction of sp³-hybridized carbons (Fsp3) is 0.562. The molecule has 7 nitrogen and oxygen atoms in total. The first-order valence-corrected chi connectivity index (χ1v) is 10.5. The SMILES string of the molecule is CCOP(=O)(OCC)[C@H](Cc1cc(C)c(OOI)c(C)c1)NC(C)=O. The van der Waals surface area contributed by atoms with E-state index < -0.39 is 13.4 Å². The number of carbonyl (C=O) groups is 1. The summed E-state index contributed by atoms with van der Waals surface area (Å²) < 4.78 is 28.6. The number of nitrogens with one attached hydrogen (secondary N) is 1. The van der Waals surface area contributed by atoms with Crippen LogP contribution in [0.25, 0.3) is 0 Å². The van der Waals surface area contributed by atoms with Crippen LogP contribution in [0.1, 0.15) is 37.5 Å². The van der Waals surface area contributed by atoms with Crippen LogP contribution >= 0.6 is 30.6 Å². The van der Waals surface area contributed by atoms with Crippen LogP contribution in [0.2, 0.25) is 0 Å². The molecule has 1 N–H and O–H groups in total. The summed E-state index contributed by atoms with van der Waals surface area (Å²) in [4.78, 5) is 16.7. The van der Waals surface area contributed by atoms with Crippen molar-refractivity contribution < 1.29 is 26.5 Å². The molecule has 9 heteroatoms. The number of hydrogen-bond donors (Lipinski definition) is 1. The summed E-state index contributed by atoms with van der Waals surface area (Å²) in [7, 11) is -3.49. The highest BCUT2D eigenvalue weighted by molar-refractivity contribution is 14.1. The summed E-state index contributed by atoms with van der Waals surface area (Å²) in [6, 6.07) is 3.80. The summed E-state index contributed by atoms with van der Waals surface area (Å²) in [5.74, 6) is -0.431. The molecule has 142 valence electrons. The Morgan fingerprint density at radius 3 is 2.12 bits per heavy atom. The van der Waals surface area contributed by atoms with Gasteiger partial charge in [-0.3, -0.25) is 9.36 Å². The zero-order valence-electron chi connectivity index (χ0n) is 15.1. The molecule has 0 aliphatic rings. The maximum atomic E-state index is 13.1. The van der Waals surface area contributed by atoms with Gasteiger partial charge in [-0.1, -0.05) is 12.1 Å². The van der Waals surface area contributed by atoms with E-state index in [0.717, 1.165) is 16.7 Å². The van der Waals surface area contributed by atoms with Gasteiger partial charge in [0.15, 0.2) is 28.8 Å². The van der Waals surface area contributed by atoms with Gasteiger partial charge in [-0.05, 0) is 44.4 Å². The van der Waals surface area contributed by atoms with Crippen molar-refractivity contribution in [1.82, 2.24) is 5.32 Å². The molecule has 0 saturated carbocycles. The van der Waals surface area contributed by atoms with Gasteiger partial charge in [0.1, 0.15) is 5.78 Å². The quantitative estimate of drug-likeness (QED) is 0.231. The van der Waals surface area contributed by atoms with Gasteiger partial charge >= 0.3 is 7.60 Å². The summed E-state index contributed by atoms with van der Waals surface area (Å²) in [5.41, 5.74) is 2.63. The molecule has 0 unspecified atom stereocenters. The van der Waals surface area contributed by atoms with Crippen molar-refractivity contribution in [2.24, 2.45) is 0 Å². The van der Waals surface area contributed by atoms with E-state index in [0.29, 0.717) is 12.2 Å². The van der Waals surface area contributed by atoms with Crippen molar-refractivity contribution >= 4 is 36.5 Å². The average Bonchev–Trinajstić information content (AvgIpc) is 2.50. The number of amides is 1. The van der Waals surface area contributed by atoms with Crippen molar-refractivity contribution in [3.63, 3.8) is 0 Å². The summed E-state index contributed by atoms with van der Waals surface area (Å²) in [5, 5.41) is 2.71. The van der Waals surface area contributed by atoms with Crippen molar-refractivity contribution in [1.29, 1.82) is 0 Å². The van der Waals surface area contributed by atoms with E-state index in [1.807, 2.05) is 26.0 Å². The van der Waals surface area contributed by atoms with E-state index in [1.165, 1.54) is 6.92 Å². The van der Waals surface area contributed by atoms with E-state index in [-0.39, 0.29) is 19.1 Å². The van der Waals surface area contributed by atoms with Crippen LogP contribution in [0.15, 0.2) is 12.1 Å². The molecule has 0 saturated heterocycles. The minimum Gasteiger partial charge on any atom is -0.342 e. The second kappa shape index (κ2) is 10.5. The third kappa shape index (κ3) is 6.53. The molecule has 0 spiro atoms. The molecular formula is C16H25INO6P. The fourth-order valence-electron chi connectivity index (χ4n) is 2.60. The Morgan fingerprint density at radius 1 is 1.20 bits per heavy atom. The molecular weight excluding hydrogens is 460 g/mol. The molecule has 1 atom stereocenters. The lowest BCUT2D eigenvalue weighted by molar-refractivity contribution is -0.119. The molecule has 0 fully saturated rings. The van der Waals surface area contributed by atoms with Crippen LogP contribution in [0.5, 0.6) is 5.75 Å². The molecule has 0 heterocycles. The smallest absolute Gasteiger partial charge is 0.342 e. The van der Waals surface area contributed by atoms with Crippen molar-refractivity contribution in [3.8, 4) is 5.75 Å². The van der Waals surface area contributed by atoms with Crippen molar-refractivity contribution in [2.45, 2.75) is 46.8 Å². The first-order chi connectivity index (χ1) is 11.8. The Morgan fingerprint density at radius 2 is 1.72 bits per heavy atom. The number of hydrogen-bond acceptors (Lipinski definition) is 6. The zero-order chi connectivity index (χ0) is 19.0. The zero-order valence-corrected chi connectivity index (χ0v) is 18.2. The topological polar surface area (TPSA) is 83.1 Å². The van der Waals surface area contributed by atoms with Gasteiger partial charge in [0.05, 0.1) is 13.2 Å². The molecule has 1 aromatic carbocycles. The van der Waals surface area contributed by atoms with Crippen LogP contribution in [-0.2, 0) is 28.0 Å². The number of rotatable bonds is 10. The van der Waals surface area contributed by atoms with Crippen molar-refractivity contribution in [3.05, 3.63) is 28.8 Å². The predicted octanol–water partition coefficient (Wildman–Crippen LogP) is 4.23. The molecule has 1 rings (SSSR count). The predicted molar refractivity (Wildman–Crippen MR) is 104 cm³/mol. The minimum absolute atomic E-state index is 0.227. The minimum atomic E-state index is -3.49. The second-order valence-electron chi connectivity index (χ2n) is 5.50. The van der Waals surface area contributed by atoms with E-state index in [4.69, 9.17) is 17.2 Å². The fourth-order valence-corrected chi connectivity index (χ4v) is 4.71. The Labute approximate surface area is 162 Å². The molecule has 0 aromatic heterocycles. The van der Waals surface area contributed by atoms with Crippen LogP contribution in [0.3, 0.4) is 0 Å². The van der Waals surface area contributed by atoms with Crippen LogP contribution in [-0.4, -0.2) is 24.9 Å². The van der Waals surface area contributed by atoms with E-state index in [1.54, 1.807) is 36.9 Å². The van der Waals surface area contributed by atoms with Gasteiger partial charge in [-0.15, -0.1) is 3.22 Å². The van der Waals surface area contributed by atoms with Gasteiger partial charge in [0.2, 0.25) is 5.91 Å². The number of halogens is 1. The lowest BCUT2D eigenvalue weighted by atomic mass is 10.0. The van der Waals surface area contributed by atoms with Gasteiger partial charge < -0.3 is 19.3 Å². The van der Waals surface area contributed by atoms with Crippen LogP contribution in [0.4, 0.5) is 0 Å². The highest BCUT2D eigenvalue weighted by atomic mass is 127. The summed E-state index contributed by atoms with van der Waals surface area (Å²) >= 11 is 1.66. The molecule has 0 aliphatic carbocycles. The molecule has 0 bridgehead atoms. The first kappa shape index (κ1) is 22.4. The Balaban J connectivity index is 3.17. The average molecular weight is 485 g/mol. The Kier molecular flexibility index (Phi) is 9.37. The monoisotopic (exact) mass is 485 g/mol. The highest BCUT2D eigenvalue weighted by Gasteiger charge is 2.36. The molecule has 1 amide bonds. The van der Waals surface area contributed by atoms with Gasteiger partial charge in [0.25, 0.3) is 0 Å². The summed E-state index contributed by atoms with van der Waals surface area (Å²) in [6.07, 6.45) is 0.309. The molecule has 1 aromatic rings. The first-order valence-electron chi connectivity index (χ1n) is 7.98. The maximum absolute atomic E-state index is 13.1. The maximum Gasteiger partial charge on any atom is 0.353 e. The van der Waals surface area contributed by atoms with Gasteiger partial charge in [0, 0.05) is 13.3 Å². The molecule has 0 aliphatic heterocycles. The van der Waals surface area contributed by atoms with Gasteiger partial charge in [-0.25, -0.2) is 0 Å². The Hall–Kier alpha value is -0.670. The number of carbonyl (C=O) groups excluding carboxylic acids is 1. The largest absolute Gasteiger partial charge is 0.353 e. The van der Waals surface area contributed by atoms with E-state index in [2.05, 4.69) is 5.32 Å². The molecule has 25 heavy (non-hydrogen) atoms. The van der Waals surface area contributed by atoms with Crippen molar-refractivity contribution in [2.75, 3.05) is 13.2 Å². The summed E-state index contributed by atoms with van der Waals surface area (Å²) in [6.45, 7) is 9.08. The van der Waals surface area contributed by atoms with Gasteiger partial charge in [-0.2, -0.15) is 0 Å². The lowest BCUT2D eigenvalue weighted by Gasteiger charge is -2.27. The lowest BCUT2D eigenvalue weighted by Crippen LogP contribution is -2.36. The normalized spacial score (nSPS) is 12.7.